The third kappa shape index (κ3) is 2.16. The highest BCUT2D eigenvalue weighted by Gasteiger charge is 2.07. The van der Waals surface area contributed by atoms with Crippen molar-refractivity contribution in [2.75, 3.05) is 6.61 Å². The first-order valence-corrected chi connectivity index (χ1v) is 4.18. The summed E-state index contributed by atoms with van der Waals surface area (Å²) in [5.74, 6) is -0.593. The fourth-order valence-corrected chi connectivity index (χ4v) is 0.933. The monoisotopic (exact) mass is 194 g/mol. The summed E-state index contributed by atoms with van der Waals surface area (Å²) in [5.41, 5.74) is 0.528. The lowest BCUT2D eigenvalue weighted by atomic mass is 10.2. The fourth-order valence-electron chi connectivity index (χ4n) is 0.933. The number of halogens is 1. The number of rotatable bonds is 4. The molecule has 4 heteroatoms. The molecule has 0 saturated carbocycles. The number of pyridine rings is 1. The molecule has 14 heavy (non-hydrogen) atoms. The molecule has 0 spiro atoms. The van der Waals surface area contributed by atoms with Crippen LogP contribution in [0, 0.1) is 11.2 Å². The molecule has 0 aliphatic rings. The Hall–Kier alpha value is -1.71. The van der Waals surface area contributed by atoms with Crippen LogP contribution in [-0.2, 0) is 0 Å². The van der Waals surface area contributed by atoms with Crippen molar-refractivity contribution in [3.63, 3.8) is 0 Å². The van der Waals surface area contributed by atoms with Gasteiger partial charge in [-0.1, -0.05) is 6.58 Å². The predicted molar refractivity (Wildman–Crippen MR) is 52.4 cm³/mol. The maximum atomic E-state index is 13.2. The molecule has 0 aromatic carbocycles. The van der Waals surface area contributed by atoms with E-state index in [2.05, 4.69) is 11.6 Å². The van der Waals surface area contributed by atoms with Gasteiger partial charge in [0.25, 0.3) is 0 Å². The summed E-state index contributed by atoms with van der Waals surface area (Å²) in [6, 6.07) is 1.21. The normalized spacial score (nSPS) is 9.57. The lowest BCUT2D eigenvalue weighted by Gasteiger charge is -2.04. The molecule has 1 aromatic heterocycles. The van der Waals surface area contributed by atoms with Gasteiger partial charge in [-0.05, 0) is 19.1 Å². The molecule has 0 radical (unpaired) electrons. The van der Waals surface area contributed by atoms with Crippen molar-refractivity contribution in [1.82, 2.24) is 4.98 Å². The maximum absolute atomic E-state index is 13.2. The number of nitrogens with one attached hydrogen (secondary N) is 1. The Morgan fingerprint density at radius 1 is 1.79 bits per heavy atom. The molecule has 0 unspecified atom stereocenters. The van der Waals surface area contributed by atoms with Crippen LogP contribution < -0.4 is 4.74 Å². The molecular weight excluding hydrogens is 183 g/mol. The Morgan fingerprint density at radius 3 is 3.00 bits per heavy atom. The molecule has 0 bridgehead atoms. The number of aromatic nitrogens is 1. The molecule has 1 N–H and O–H groups in total. The molecule has 0 fully saturated rings. The van der Waals surface area contributed by atoms with E-state index in [9.17, 15) is 4.39 Å². The van der Waals surface area contributed by atoms with Gasteiger partial charge in [0.2, 0.25) is 5.88 Å². The Bertz CT molecular complexity index is 363. The van der Waals surface area contributed by atoms with Gasteiger partial charge < -0.3 is 10.1 Å². The van der Waals surface area contributed by atoms with E-state index >= 15 is 0 Å². The molecule has 74 valence electrons. The van der Waals surface area contributed by atoms with Crippen molar-refractivity contribution in [2.24, 2.45) is 0 Å². The minimum atomic E-state index is -0.559. The zero-order valence-electron chi connectivity index (χ0n) is 7.88. The molecule has 1 heterocycles. The SMILES string of the molecule is C=CC(=N)c1cnc(OCC)c(F)c1. The standard InChI is InChI=1S/C10H11FN2O/c1-3-9(12)7-5-8(11)10(13-6-7)14-4-2/h3,5-6,12H,1,4H2,2H3. The van der Waals surface area contributed by atoms with Crippen molar-refractivity contribution in [3.8, 4) is 5.88 Å². The third-order valence-corrected chi connectivity index (χ3v) is 1.60. The molecule has 1 aromatic rings. The van der Waals surface area contributed by atoms with E-state index in [1.807, 2.05) is 0 Å². The minimum absolute atomic E-state index is 0.0342. The summed E-state index contributed by atoms with van der Waals surface area (Å²) in [6.45, 7) is 5.53. The summed E-state index contributed by atoms with van der Waals surface area (Å²) in [4.78, 5) is 3.75. The van der Waals surface area contributed by atoms with Crippen LogP contribution in [0.15, 0.2) is 24.9 Å². The minimum Gasteiger partial charge on any atom is -0.476 e. The lowest BCUT2D eigenvalue weighted by molar-refractivity contribution is 0.307. The second-order valence-corrected chi connectivity index (χ2v) is 2.56. The van der Waals surface area contributed by atoms with E-state index < -0.39 is 5.82 Å². The topological polar surface area (TPSA) is 46.0 Å². The second-order valence-electron chi connectivity index (χ2n) is 2.56. The number of allylic oxidation sites excluding steroid dienone is 1. The van der Waals surface area contributed by atoms with Crippen LogP contribution in [-0.4, -0.2) is 17.3 Å². The molecular formula is C10H11FN2O. The summed E-state index contributed by atoms with van der Waals surface area (Å²) in [7, 11) is 0. The quantitative estimate of drug-likeness (QED) is 0.746. The van der Waals surface area contributed by atoms with Gasteiger partial charge in [0.05, 0.1) is 12.3 Å². The molecule has 0 saturated heterocycles. The van der Waals surface area contributed by atoms with Gasteiger partial charge in [-0.3, -0.25) is 0 Å². The van der Waals surface area contributed by atoms with Crippen molar-refractivity contribution in [2.45, 2.75) is 6.92 Å². The van der Waals surface area contributed by atoms with Gasteiger partial charge in [0.1, 0.15) is 0 Å². The largest absolute Gasteiger partial charge is 0.476 e. The van der Waals surface area contributed by atoms with Gasteiger partial charge in [-0.2, -0.15) is 0 Å². The van der Waals surface area contributed by atoms with Gasteiger partial charge >= 0.3 is 0 Å². The third-order valence-electron chi connectivity index (χ3n) is 1.60. The zero-order chi connectivity index (χ0) is 10.6. The number of hydrogen-bond acceptors (Lipinski definition) is 3. The predicted octanol–water partition coefficient (Wildman–Crippen LogP) is 2.17. The van der Waals surface area contributed by atoms with Gasteiger partial charge in [-0.15, -0.1) is 0 Å². The second kappa shape index (κ2) is 4.50. The van der Waals surface area contributed by atoms with Crippen LogP contribution >= 0.6 is 0 Å². The van der Waals surface area contributed by atoms with Crippen LogP contribution in [0.2, 0.25) is 0 Å². The molecule has 0 aliphatic heterocycles. The first-order chi connectivity index (χ1) is 6.69. The van der Waals surface area contributed by atoms with E-state index in [0.29, 0.717) is 12.2 Å². The Kier molecular flexibility index (Phi) is 3.34. The van der Waals surface area contributed by atoms with Crippen molar-refractivity contribution >= 4 is 5.71 Å². The van der Waals surface area contributed by atoms with E-state index in [0.717, 1.165) is 0 Å². The van der Waals surface area contributed by atoms with Crippen LogP contribution in [0.1, 0.15) is 12.5 Å². The van der Waals surface area contributed by atoms with E-state index in [-0.39, 0.29) is 11.6 Å². The van der Waals surface area contributed by atoms with Gasteiger partial charge in [0.15, 0.2) is 5.82 Å². The van der Waals surface area contributed by atoms with Crippen LogP contribution in [0.25, 0.3) is 0 Å². The molecule has 3 nitrogen and oxygen atoms in total. The average molecular weight is 194 g/mol. The molecule has 0 amide bonds. The van der Waals surface area contributed by atoms with E-state index in [4.69, 9.17) is 10.1 Å². The Balaban J connectivity index is 2.99. The first kappa shape index (κ1) is 10.4. The number of ether oxygens (including phenoxy) is 1. The molecule has 1 rings (SSSR count). The van der Waals surface area contributed by atoms with E-state index in [1.165, 1.54) is 18.3 Å². The smallest absolute Gasteiger partial charge is 0.250 e. The zero-order valence-corrected chi connectivity index (χ0v) is 7.88. The van der Waals surface area contributed by atoms with Crippen molar-refractivity contribution in [1.29, 1.82) is 5.41 Å². The summed E-state index contributed by atoms with van der Waals surface area (Å²) in [6.07, 6.45) is 2.72. The summed E-state index contributed by atoms with van der Waals surface area (Å²) >= 11 is 0. The van der Waals surface area contributed by atoms with Crippen molar-refractivity contribution in [3.05, 3.63) is 36.3 Å². The van der Waals surface area contributed by atoms with Gasteiger partial charge in [-0.25, -0.2) is 9.37 Å². The highest BCUT2D eigenvalue weighted by atomic mass is 19.1. The number of nitrogens with zero attached hydrogens (tertiary/aromatic N) is 1. The maximum Gasteiger partial charge on any atom is 0.250 e. The van der Waals surface area contributed by atoms with Crippen molar-refractivity contribution < 1.29 is 9.13 Å². The summed E-state index contributed by atoms with van der Waals surface area (Å²) < 4.78 is 18.1. The Labute approximate surface area is 81.8 Å². The highest BCUT2D eigenvalue weighted by Crippen LogP contribution is 2.14. The molecule has 0 aliphatic carbocycles. The Morgan fingerprint density at radius 2 is 2.50 bits per heavy atom. The molecule has 0 atom stereocenters. The number of hydrogen-bond donors (Lipinski definition) is 1. The highest BCUT2D eigenvalue weighted by molar-refractivity contribution is 6.05. The lowest BCUT2D eigenvalue weighted by Crippen LogP contribution is -2.01. The summed E-state index contributed by atoms with van der Waals surface area (Å²) in [5, 5.41) is 7.38. The fraction of sp³-hybridized carbons (Fsp3) is 0.200. The van der Waals surface area contributed by atoms with Crippen LogP contribution in [0.5, 0.6) is 5.88 Å². The van der Waals surface area contributed by atoms with E-state index in [1.54, 1.807) is 6.92 Å². The van der Waals surface area contributed by atoms with Gasteiger partial charge in [0, 0.05) is 11.8 Å². The first-order valence-electron chi connectivity index (χ1n) is 4.18. The van der Waals surface area contributed by atoms with Crippen LogP contribution in [0.3, 0.4) is 0 Å². The van der Waals surface area contributed by atoms with Crippen LogP contribution in [0.4, 0.5) is 4.39 Å². The average Bonchev–Trinajstić information content (AvgIpc) is 2.20.